The minimum atomic E-state index is -0.512. The van der Waals surface area contributed by atoms with Crippen LogP contribution in [0.3, 0.4) is 0 Å². The van der Waals surface area contributed by atoms with Gasteiger partial charge < -0.3 is 4.98 Å². The topological polar surface area (TPSA) is 98.6 Å². The number of nitriles is 1. The van der Waals surface area contributed by atoms with Crippen LogP contribution in [0, 0.1) is 18.4 Å². The van der Waals surface area contributed by atoms with Crippen molar-refractivity contribution >= 4 is 27.5 Å². The zero-order valence-corrected chi connectivity index (χ0v) is 9.01. The maximum absolute atomic E-state index is 11.5. The second-order valence-electron chi connectivity index (χ2n) is 3.03. The minimum absolute atomic E-state index is 0.283. The van der Waals surface area contributed by atoms with E-state index in [0.29, 0.717) is 20.7 Å². The number of fused-ring (bicyclic) bond motifs is 1. The molecule has 0 fully saturated rings. The van der Waals surface area contributed by atoms with Crippen molar-refractivity contribution in [2.24, 2.45) is 0 Å². The van der Waals surface area contributed by atoms with Crippen LogP contribution in [0.15, 0.2) is 11.1 Å². The molecule has 0 spiro atoms. The van der Waals surface area contributed by atoms with Gasteiger partial charge in [-0.3, -0.25) is 14.9 Å². The van der Waals surface area contributed by atoms with E-state index in [1.54, 1.807) is 13.1 Å². The number of carbonyl (C=O) groups is 1. The first-order valence-corrected chi connectivity index (χ1v) is 5.13. The summed E-state index contributed by atoms with van der Waals surface area (Å²) < 4.78 is 0. The highest BCUT2D eigenvalue weighted by Gasteiger charge is 2.17. The Morgan fingerprint density at radius 3 is 3.06 bits per heavy atom. The number of aryl methyl sites for hydroxylation is 1. The van der Waals surface area contributed by atoms with Gasteiger partial charge in [-0.15, -0.1) is 11.3 Å². The first-order valence-electron chi connectivity index (χ1n) is 4.31. The molecule has 0 bridgehead atoms. The highest BCUT2D eigenvalue weighted by atomic mass is 32.1. The number of aromatic nitrogens is 2. The van der Waals surface area contributed by atoms with Gasteiger partial charge in [-0.2, -0.15) is 5.26 Å². The quantitative estimate of drug-likeness (QED) is 0.554. The maximum Gasteiger partial charge on any atom is 0.274 e. The molecule has 0 aliphatic heterocycles. The molecule has 80 valence electrons. The van der Waals surface area contributed by atoms with Crippen LogP contribution < -0.4 is 10.9 Å². The van der Waals surface area contributed by atoms with Crippen molar-refractivity contribution in [2.45, 2.75) is 6.92 Å². The first kappa shape index (κ1) is 10.3. The molecule has 2 aromatic heterocycles. The Morgan fingerprint density at radius 1 is 1.69 bits per heavy atom. The van der Waals surface area contributed by atoms with Crippen LogP contribution in [0.4, 0.5) is 0 Å². The molecule has 0 saturated heterocycles. The predicted octanol–water partition coefficient (Wildman–Crippen LogP) is 0.504. The van der Waals surface area contributed by atoms with Gasteiger partial charge in [-0.1, -0.05) is 0 Å². The summed E-state index contributed by atoms with van der Waals surface area (Å²) in [6, 6.07) is 0. The molecule has 2 rings (SSSR count). The van der Waals surface area contributed by atoms with E-state index in [1.807, 2.05) is 5.32 Å². The van der Waals surface area contributed by atoms with E-state index in [9.17, 15) is 9.59 Å². The van der Waals surface area contributed by atoms with E-state index in [4.69, 9.17) is 5.26 Å². The average Bonchev–Trinajstić information content (AvgIpc) is 2.58. The normalized spacial score (nSPS) is 10.0. The SMILES string of the molecule is Cc1c(C(=O)NC#N)sc2nc[nH]c(=O)c12. The number of hydrogen-bond acceptors (Lipinski definition) is 5. The Labute approximate surface area is 93.6 Å². The van der Waals surface area contributed by atoms with Crippen molar-refractivity contribution in [3.05, 3.63) is 27.1 Å². The lowest BCUT2D eigenvalue weighted by Crippen LogP contribution is -2.17. The summed E-state index contributed by atoms with van der Waals surface area (Å²) in [6.45, 7) is 1.65. The molecule has 0 aliphatic carbocycles. The van der Waals surface area contributed by atoms with E-state index in [2.05, 4.69) is 9.97 Å². The van der Waals surface area contributed by atoms with Gasteiger partial charge in [-0.25, -0.2) is 4.98 Å². The van der Waals surface area contributed by atoms with Crippen molar-refractivity contribution in [1.29, 1.82) is 5.26 Å². The number of carbonyl (C=O) groups excluding carboxylic acids is 1. The molecule has 0 radical (unpaired) electrons. The predicted molar refractivity (Wildman–Crippen MR) is 58.1 cm³/mol. The monoisotopic (exact) mass is 234 g/mol. The molecule has 0 atom stereocenters. The van der Waals surface area contributed by atoms with Gasteiger partial charge in [0.15, 0.2) is 6.19 Å². The number of H-pyrrole nitrogens is 1. The summed E-state index contributed by atoms with van der Waals surface area (Å²) in [4.78, 5) is 30.2. The first-order chi connectivity index (χ1) is 7.65. The summed E-state index contributed by atoms with van der Waals surface area (Å²) in [5.74, 6) is -0.512. The number of aromatic amines is 1. The molecule has 0 aliphatic rings. The second-order valence-corrected chi connectivity index (χ2v) is 4.03. The summed E-state index contributed by atoms with van der Waals surface area (Å²) in [5, 5.41) is 10.8. The van der Waals surface area contributed by atoms with Crippen molar-refractivity contribution < 1.29 is 4.79 Å². The van der Waals surface area contributed by atoms with Gasteiger partial charge in [0, 0.05) is 0 Å². The molecule has 0 aromatic carbocycles. The standard InChI is InChI=1S/C9H6N4O2S/c1-4-5-7(14)12-3-13-9(5)16-6(4)8(15)11-2-10/h3H,1H3,(H,11,15)(H,12,13,14). The van der Waals surface area contributed by atoms with E-state index < -0.39 is 5.91 Å². The summed E-state index contributed by atoms with van der Waals surface area (Å²) in [7, 11) is 0. The van der Waals surface area contributed by atoms with Gasteiger partial charge in [0.25, 0.3) is 11.5 Å². The highest BCUT2D eigenvalue weighted by molar-refractivity contribution is 7.20. The van der Waals surface area contributed by atoms with Crippen LogP contribution in [0.1, 0.15) is 15.2 Å². The van der Waals surface area contributed by atoms with Crippen molar-refractivity contribution in [2.75, 3.05) is 0 Å². The molecule has 1 amide bonds. The fourth-order valence-electron chi connectivity index (χ4n) is 1.40. The smallest absolute Gasteiger partial charge is 0.274 e. The summed E-state index contributed by atoms with van der Waals surface area (Å²) in [5.41, 5.74) is 0.261. The Balaban J connectivity index is 2.71. The number of hydrogen-bond donors (Lipinski definition) is 2. The number of nitrogens with one attached hydrogen (secondary N) is 2. The van der Waals surface area contributed by atoms with Crippen molar-refractivity contribution in [1.82, 2.24) is 15.3 Å². The lowest BCUT2D eigenvalue weighted by atomic mass is 10.2. The third-order valence-electron chi connectivity index (χ3n) is 2.11. The van der Waals surface area contributed by atoms with E-state index in [0.717, 1.165) is 11.3 Å². The lowest BCUT2D eigenvalue weighted by Gasteiger charge is -1.93. The van der Waals surface area contributed by atoms with Crippen molar-refractivity contribution in [3.63, 3.8) is 0 Å². The van der Waals surface area contributed by atoms with E-state index in [-0.39, 0.29) is 5.56 Å². The maximum atomic E-state index is 11.5. The van der Waals surface area contributed by atoms with Crippen LogP contribution in [-0.2, 0) is 0 Å². The fraction of sp³-hybridized carbons (Fsp3) is 0.111. The molecule has 6 nitrogen and oxygen atoms in total. The zero-order valence-electron chi connectivity index (χ0n) is 8.20. The molecule has 2 N–H and O–H groups in total. The number of amides is 1. The van der Waals surface area contributed by atoms with Crippen molar-refractivity contribution in [3.8, 4) is 6.19 Å². The average molecular weight is 234 g/mol. The zero-order chi connectivity index (χ0) is 11.7. The Bertz CT molecular complexity index is 664. The highest BCUT2D eigenvalue weighted by Crippen LogP contribution is 2.25. The minimum Gasteiger partial charge on any atom is -0.313 e. The molecular weight excluding hydrogens is 228 g/mol. The van der Waals surface area contributed by atoms with Gasteiger partial charge in [0.05, 0.1) is 16.6 Å². The third-order valence-corrected chi connectivity index (χ3v) is 3.31. The van der Waals surface area contributed by atoms with Crippen LogP contribution in [0.5, 0.6) is 0 Å². The molecule has 0 unspecified atom stereocenters. The van der Waals surface area contributed by atoms with Crippen LogP contribution in [0.2, 0.25) is 0 Å². The largest absolute Gasteiger partial charge is 0.313 e. The van der Waals surface area contributed by atoms with Gasteiger partial charge in [0.2, 0.25) is 0 Å². The number of rotatable bonds is 1. The molecule has 2 heterocycles. The number of thiophene rings is 1. The van der Waals surface area contributed by atoms with Gasteiger partial charge in [-0.05, 0) is 12.5 Å². The van der Waals surface area contributed by atoms with Crippen LogP contribution in [0.25, 0.3) is 10.2 Å². The summed E-state index contributed by atoms with van der Waals surface area (Å²) in [6.07, 6.45) is 2.84. The van der Waals surface area contributed by atoms with Gasteiger partial charge >= 0.3 is 0 Å². The Hall–Kier alpha value is -2.20. The van der Waals surface area contributed by atoms with E-state index >= 15 is 0 Å². The third kappa shape index (κ3) is 1.45. The number of nitrogens with zero attached hydrogens (tertiary/aromatic N) is 2. The molecule has 16 heavy (non-hydrogen) atoms. The molecule has 2 aromatic rings. The lowest BCUT2D eigenvalue weighted by molar-refractivity contribution is 0.0976. The summed E-state index contributed by atoms with van der Waals surface area (Å²) >= 11 is 1.09. The van der Waals surface area contributed by atoms with Gasteiger partial charge in [0.1, 0.15) is 4.83 Å². The van der Waals surface area contributed by atoms with Crippen LogP contribution in [-0.4, -0.2) is 15.9 Å². The molecular formula is C9H6N4O2S. The Morgan fingerprint density at radius 2 is 2.44 bits per heavy atom. The molecule has 7 heteroatoms. The van der Waals surface area contributed by atoms with Crippen LogP contribution >= 0.6 is 11.3 Å². The van der Waals surface area contributed by atoms with E-state index in [1.165, 1.54) is 6.33 Å². The fourth-order valence-corrected chi connectivity index (χ4v) is 2.45. The second kappa shape index (κ2) is 3.75. The Kier molecular flexibility index (Phi) is 2.42. The molecule has 0 saturated carbocycles.